The van der Waals surface area contributed by atoms with Crippen molar-refractivity contribution in [3.8, 4) is 24.3 Å². The van der Waals surface area contributed by atoms with Crippen LogP contribution >= 0.6 is 0 Å². The molecule has 0 saturated carbocycles. The number of hydrogen-bond donors (Lipinski definition) is 1. The Balaban J connectivity index is 1.79. The molecule has 6 rings (SSSR count). The van der Waals surface area contributed by atoms with Gasteiger partial charge in [0.2, 0.25) is 0 Å². The molecule has 0 aromatic heterocycles. The molecule has 0 unspecified atom stereocenters. The van der Waals surface area contributed by atoms with Crippen molar-refractivity contribution in [2.45, 2.75) is 131 Å². The zero-order valence-electron chi connectivity index (χ0n) is 43.4. The van der Waals surface area contributed by atoms with Crippen molar-refractivity contribution in [1.29, 1.82) is 21.0 Å². The minimum absolute atomic E-state index is 0.241. The smallest absolute Gasteiger partial charge is 0.0998 e. The van der Waals surface area contributed by atoms with Crippen LogP contribution in [-0.2, 0) is 27.1 Å². The largest absolute Gasteiger partial charge is 0.398 e. The minimum Gasteiger partial charge on any atom is -0.398 e. The molecule has 0 heterocycles. The lowest BCUT2D eigenvalue weighted by Crippen LogP contribution is -2.13. The predicted molar refractivity (Wildman–Crippen MR) is 292 cm³/mol. The van der Waals surface area contributed by atoms with E-state index < -0.39 is 0 Å². The van der Waals surface area contributed by atoms with Crippen LogP contribution in [0.4, 0.5) is 0 Å². The Hall–Kier alpha value is -7.44. The molecule has 0 atom stereocenters. The topological polar surface area (TPSA) is 121 Å². The molecule has 5 aromatic carbocycles. The third-order valence-electron chi connectivity index (χ3n) is 12.7. The first-order valence-corrected chi connectivity index (χ1v) is 23.7. The first-order chi connectivity index (χ1) is 32.0. The van der Waals surface area contributed by atoms with E-state index >= 15 is 0 Å². The summed E-state index contributed by atoms with van der Waals surface area (Å²) in [5.41, 5.74) is 21.1. The molecule has 5 nitrogen and oxygen atoms in total. The molecule has 69 heavy (non-hydrogen) atoms. The molecule has 5 aromatic rings. The average molecular weight is 906 g/mol. The van der Waals surface area contributed by atoms with Crippen LogP contribution < -0.4 is 5.73 Å². The van der Waals surface area contributed by atoms with Gasteiger partial charge in [-0.25, -0.2) is 0 Å². The van der Waals surface area contributed by atoms with Crippen molar-refractivity contribution in [2.75, 3.05) is 0 Å². The molecule has 1 aliphatic rings. The van der Waals surface area contributed by atoms with Gasteiger partial charge in [-0.2, -0.15) is 21.0 Å². The molecule has 0 spiro atoms. The minimum atomic E-state index is -0.286. The van der Waals surface area contributed by atoms with Gasteiger partial charge in [0.05, 0.1) is 46.6 Å². The highest BCUT2D eigenvalue weighted by molar-refractivity contribution is 5.97. The Morgan fingerprint density at radius 2 is 0.464 bits per heavy atom. The second-order valence-electron chi connectivity index (χ2n) is 23.7. The van der Waals surface area contributed by atoms with Gasteiger partial charge in [0, 0.05) is 5.70 Å². The predicted octanol–water partition coefficient (Wildman–Crippen LogP) is 16.2. The Kier molecular flexibility index (Phi) is 14.0. The Bertz CT molecular complexity index is 3180. The van der Waals surface area contributed by atoms with Crippen LogP contribution in [0.1, 0.15) is 187 Å². The van der Waals surface area contributed by atoms with Gasteiger partial charge in [0.25, 0.3) is 0 Å². The Morgan fingerprint density at radius 3 is 0.667 bits per heavy atom. The zero-order valence-corrected chi connectivity index (χ0v) is 43.4. The van der Waals surface area contributed by atoms with Gasteiger partial charge in [-0.15, -0.1) is 0 Å². The van der Waals surface area contributed by atoms with Gasteiger partial charge in [-0.1, -0.05) is 134 Å². The number of hydrogen-bond acceptors (Lipinski definition) is 5. The first-order valence-electron chi connectivity index (χ1n) is 23.7. The average Bonchev–Trinajstić information content (AvgIpc) is 3.26. The number of allylic oxidation sites excluding steroid dienone is 4. The van der Waals surface area contributed by atoms with E-state index in [9.17, 15) is 21.0 Å². The SMILES string of the molecule is CC(C)(C)c1cc2cc(c1)C(N)=Cc1cc(cc(C(C)(C)C)c1)C(C#N)=Cc1cc(cc(C(C)(C)C)c1)C(C#N)=Cc1cc(cc(C(C)(C)C)c1)C(C#N)=Cc1cc(cc(C(C)(C)C)c1)C(C#N)=C2. The molecule has 0 radical (unpaired) electrons. The second-order valence-corrected chi connectivity index (χ2v) is 23.7. The summed E-state index contributed by atoms with van der Waals surface area (Å²) in [6.45, 7) is 32.2. The van der Waals surface area contributed by atoms with E-state index in [1.165, 1.54) is 0 Å². The van der Waals surface area contributed by atoms with Crippen LogP contribution in [-0.4, -0.2) is 0 Å². The number of nitrogens with two attached hydrogens (primary N) is 1. The van der Waals surface area contributed by atoms with Crippen molar-refractivity contribution in [3.05, 3.63) is 174 Å². The van der Waals surface area contributed by atoms with E-state index in [2.05, 4.69) is 189 Å². The number of fused-ring (bicyclic) bond motifs is 10. The van der Waals surface area contributed by atoms with Gasteiger partial charge in [0.1, 0.15) is 0 Å². The lowest BCUT2D eigenvalue weighted by atomic mass is 9.82. The third-order valence-corrected chi connectivity index (χ3v) is 12.7. The molecule has 0 fully saturated rings. The van der Waals surface area contributed by atoms with Crippen molar-refractivity contribution in [3.63, 3.8) is 0 Å². The first kappa shape index (κ1) is 51.0. The summed E-state index contributed by atoms with van der Waals surface area (Å²) in [5, 5.41) is 43.7. The van der Waals surface area contributed by atoms with E-state index in [1.54, 1.807) is 0 Å². The Labute approximate surface area is 413 Å². The van der Waals surface area contributed by atoms with Gasteiger partial charge >= 0.3 is 0 Å². The molecule has 1 aliphatic carbocycles. The summed E-state index contributed by atoms with van der Waals surface area (Å²) in [5.74, 6) is 0. The fourth-order valence-corrected chi connectivity index (χ4v) is 8.28. The molecule has 0 saturated heterocycles. The third kappa shape index (κ3) is 12.2. The number of rotatable bonds is 0. The standard InChI is InChI=1S/C64H67N5/c1-60(2,3)54-25-40-16-45(31-54)51(37-66)22-41-18-47(33-56(26-41)62(7,8)9)53(39-68)24-43-20-49(35-58(28-43)64(13,14)15)59(69)30-44-19-48(34-57(29-44)63(10,11)12)52(38-67)23-42-17-46(50(21-40)36-65)32-55(27-42)61(4,5)6/h16-35H,69H2,1-15H3. The summed E-state index contributed by atoms with van der Waals surface area (Å²) in [7, 11) is 0. The van der Waals surface area contributed by atoms with Crippen LogP contribution in [0.5, 0.6) is 0 Å². The highest BCUT2D eigenvalue weighted by atomic mass is 14.6. The molecular weight excluding hydrogens is 839 g/mol. The molecule has 10 bridgehead atoms. The maximum atomic E-state index is 10.9. The van der Waals surface area contributed by atoms with E-state index in [1.807, 2.05) is 60.7 Å². The highest BCUT2D eigenvalue weighted by Gasteiger charge is 2.23. The maximum Gasteiger partial charge on any atom is 0.0998 e. The number of nitriles is 4. The lowest BCUT2D eigenvalue weighted by molar-refractivity contribution is 0.589. The Morgan fingerprint density at radius 1 is 0.275 bits per heavy atom. The van der Waals surface area contributed by atoms with Gasteiger partial charge in [0.15, 0.2) is 0 Å². The van der Waals surface area contributed by atoms with Gasteiger partial charge in [-0.05, 0) is 202 Å². The summed E-state index contributed by atoms with van der Waals surface area (Å²) < 4.78 is 0. The fraction of sp³-hybridized carbons (Fsp3) is 0.312. The molecule has 0 amide bonds. The van der Waals surface area contributed by atoms with E-state index in [0.717, 1.165) is 83.5 Å². The van der Waals surface area contributed by atoms with E-state index in [-0.39, 0.29) is 27.1 Å². The lowest BCUT2D eigenvalue weighted by Gasteiger charge is -2.22. The van der Waals surface area contributed by atoms with Crippen LogP contribution in [0, 0.1) is 45.3 Å². The monoisotopic (exact) mass is 906 g/mol. The van der Waals surface area contributed by atoms with Crippen LogP contribution in [0.2, 0.25) is 0 Å². The molecule has 2 N–H and O–H groups in total. The number of nitrogens with zero attached hydrogens (tertiary/aromatic N) is 4. The zero-order chi connectivity index (χ0) is 51.0. The van der Waals surface area contributed by atoms with E-state index in [4.69, 9.17) is 5.73 Å². The van der Waals surface area contributed by atoms with Crippen LogP contribution in [0.15, 0.2) is 91.0 Å². The second kappa shape index (κ2) is 18.9. The molecule has 348 valence electrons. The number of benzene rings is 5. The van der Waals surface area contributed by atoms with Crippen molar-refractivity contribution < 1.29 is 0 Å². The van der Waals surface area contributed by atoms with Gasteiger partial charge < -0.3 is 5.73 Å². The van der Waals surface area contributed by atoms with Crippen molar-refractivity contribution in [1.82, 2.24) is 0 Å². The van der Waals surface area contributed by atoms with E-state index in [0.29, 0.717) is 28.0 Å². The maximum absolute atomic E-state index is 10.9. The molecule has 0 aliphatic heterocycles. The van der Waals surface area contributed by atoms with Crippen LogP contribution in [0.25, 0.3) is 58.4 Å². The van der Waals surface area contributed by atoms with Crippen molar-refractivity contribution >= 4 is 58.4 Å². The highest BCUT2D eigenvalue weighted by Crippen LogP contribution is 2.37. The summed E-state index contributed by atoms with van der Waals surface area (Å²) in [6.07, 6.45) is 9.60. The summed E-state index contributed by atoms with van der Waals surface area (Å²) in [4.78, 5) is 0. The normalized spacial score (nSPS) is 13.9. The quantitative estimate of drug-likeness (QED) is 0.166. The van der Waals surface area contributed by atoms with Gasteiger partial charge in [-0.3, -0.25) is 0 Å². The molecular formula is C64H67N5. The summed E-state index contributed by atoms with van der Waals surface area (Å²) in [6, 6.07) is 41.0. The summed E-state index contributed by atoms with van der Waals surface area (Å²) >= 11 is 0. The molecule has 5 heteroatoms. The fourth-order valence-electron chi connectivity index (χ4n) is 8.28. The van der Waals surface area contributed by atoms with Crippen LogP contribution in [0.3, 0.4) is 0 Å². The van der Waals surface area contributed by atoms with Crippen molar-refractivity contribution in [2.24, 2.45) is 5.73 Å².